The Bertz CT molecular complexity index is 928. The fourth-order valence-electron chi connectivity index (χ4n) is 2.58. The van der Waals surface area contributed by atoms with Crippen LogP contribution in [0.1, 0.15) is 34.2 Å². The van der Waals surface area contributed by atoms with Crippen molar-refractivity contribution in [3.8, 4) is 11.4 Å². The first-order valence-electron chi connectivity index (χ1n) is 8.66. The van der Waals surface area contributed by atoms with Gasteiger partial charge < -0.3 is 9.47 Å². The van der Waals surface area contributed by atoms with E-state index in [1.165, 1.54) is 0 Å². The molecule has 0 spiro atoms. The maximum absolute atomic E-state index is 12.4. The minimum Gasteiger partial charge on any atom is -0.494 e. The first-order chi connectivity index (χ1) is 13.1. The van der Waals surface area contributed by atoms with E-state index in [2.05, 4.69) is 16.9 Å². The number of nitrogens with zero attached hydrogens (tertiary/aromatic N) is 3. The van der Waals surface area contributed by atoms with E-state index < -0.39 is 5.97 Å². The molecule has 0 atom stereocenters. The van der Waals surface area contributed by atoms with Crippen LogP contribution in [0.15, 0.2) is 55.1 Å². The number of esters is 1. The van der Waals surface area contributed by atoms with Gasteiger partial charge in [0.05, 0.1) is 18.0 Å². The lowest BCUT2D eigenvalue weighted by Gasteiger charge is -2.07. The smallest absolute Gasteiger partial charge is 0.361 e. The van der Waals surface area contributed by atoms with E-state index in [9.17, 15) is 4.79 Å². The molecule has 27 heavy (non-hydrogen) atoms. The standard InChI is InChI=1S/C21H21N3O3/c1-4-16-6-8-17(9-7-16)14-27-21(25)20-15(3)24(23-22-20)18-10-12-19(13-11-18)26-5-2/h4,6-13H,1,5,14H2,2-3H3. The molecular weight excluding hydrogens is 342 g/mol. The Morgan fingerprint density at radius 3 is 2.48 bits per heavy atom. The lowest BCUT2D eigenvalue weighted by Crippen LogP contribution is -2.08. The summed E-state index contributed by atoms with van der Waals surface area (Å²) < 4.78 is 12.4. The Morgan fingerprint density at radius 2 is 1.85 bits per heavy atom. The molecule has 3 rings (SSSR count). The maximum atomic E-state index is 12.4. The highest BCUT2D eigenvalue weighted by Crippen LogP contribution is 2.18. The lowest BCUT2D eigenvalue weighted by molar-refractivity contribution is 0.0464. The Kier molecular flexibility index (Phi) is 5.66. The Labute approximate surface area is 158 Å². The van der Waals surface area contributed by atoms with Crippen molar-refractivity contribution in [1.82, 2.24) is 15.0 Å². The molecule has 0 unspecified atom stereocenters. The molecule has 0 amide bonds. The Balaban J connectivity index is 1.69. The van der Waals surface area contributed by atoms with E-state index in [1.54, 1.807) is 17.7 Å². The molecule has 0 aliphatic heterocycles. The first-order valence-corrected chi connectivity index (χ1v) is 8.66. The zero-order valence-electron chi connectivity index (χ0n) is 15.4. The highest BCUT2D eigenvalue weighted by Gasteiger charge is 2.19. The van der Waals surface area contributed by atoms with Crippen molar-refractivity contribution in [2.45, 2.75) is 20.5 Å². The highest BCUT2D eigenvalue weighted by atomic mass is 16.5. The van der Waals surface area contributed by atoms with E-state index >= 15 is 0 Å². The van der Waals surface area contributed by atoms with Crippen molar-refractivity contribution in [2.75, 3.05) is 6.61 Å². The van der Waals surface area contributed by atoms with Gasteiger partial charge in [0.2, 0.25) is 0 Å². The van der Waals surface area contributed by atoms with Crippen LogP contribution >= 0.6 is 0 Å². The molecule has 0 fully saturated rings. The number of hydrogen-bond acceptors (Lipinski definition) is 5. The van der Waals surface area contributed by atoms with E-state index in [0.29, 0.717) is 12.3 Å². The molecule has 0 bridgehead atoms. The fourth-order valence-corrected chi connectivity index (χ4v) is 2.58. The molecule has 0 radical (unpaired) electrons. The normalized spacial score (nSPS) is 10.4. The van der Waals surface area contributed by atoms with Crippen molar-refractivity contribution >= 4 is 12.0 Å². The molecule has 0 aliphatic rings. The second-order valence-electron chi connectivity index (χ2n) is 5.88. The van der Waals surface area contributed by atoms with Crippen LogP contribution in [-0.4, -0.2) is 27.6 Å². The highest BCUT2D eigenvalue weighted by molar-refractivity contribution is 5.88. The van der Waals surface area contributed by atoms with E-state index in [0.717, 1.165) is 22.6 Å². The second kappa shape index (κ2) is 8.31. The molecule has 1 heterocycles. The van der Waals surface area contributed by atoms with Gasteiger partial charge in [-0.3, -0.25) is 0 Å². The molecule has 6 heteroatoms. The zero-order chi connectivity index (χ0) is 19.2. The minimum absolute atomic E-state index is 0.172. The molecule has 0 N–H and O–H groups in total. The molecule has 138 valence electrons. The van der Waals surface area contributed by atoms with Crippen molar-refractivity contribution in [1.29, 1.82) is 0 Å². The van der Waals surface area contributed by atoms with Gasteiger partial charge >= 0.3 is 5.97 Å². The van der Waals surface area contributed by atoms with Gasteiger partial charge in [0.1, 0.15) is 12.4 Å². The predicted molar refractivity (Wildman–Crippen MR) is 103 cm³/mol. The van der Waals surface area contributed by atoms with Gasteiger partial charge in [-0.05, 0) is 49.2 Å². The number of aromatic nitrogens is 3. The summed E-state index contributed by atoms with van der Waals surface area (Å²) in [6.45, 7) is 8.21. The quantitative estimate of drug-likeness (QED) is 0.594. The largest absolute Gasteiger partial charge is 0.494 e. The second-order valence-corrected chi connectivity index (χ2v) is 5.88. The van der Waals surface area contributed by atoms with Crippen LogP contribution in [0.5, 0.6) is 5.75 Å². The van der Waals surface area contributed by atoms with Crippen LogP contribution in [0.4, 0.5) is 0 Å². The van der Waals surface area contributed by atoms with Crippen LogP contribution in [0, 0.1) is 6.92 Å². The molecule has 6 nitrogen and oxygen atoms in total. The number of carbonyl (C=O) groups is 1. The van der Waals surface area contributed by atoms with E-state index in [1.807, 2.05) is 55.5 Å². The van der Waals surface area contributed by atoms with Gasteiger partial charge in [0, 0.05) is 0 Å². The average Bonchev–Trinajstić information content (AvgIpc) is 3.09. The Hall–Kier alpha value is -3.41. The fraction of sp³-hybridized carbons (Fsp3) is 0.190. The summed E-state index contributed by atoms with van der Waals surface area (Å²) in [6, 6.07) is 15.1. The number of benzene rings is 2. The summed E-state index contributed by atoms with van der Waals surface area (Å²) in [5.74, 6) is 0.276. The van der Waals surface area contributed by atoms with Crippen LogP contribution < -0.4 is 4.74 Å². The molecule has 2 aromatic carbocycles. The third-order valence-electron chi connectivity index (χ3n) is 4.07. The third-order valence-corrected chi connectivity index (χ3v) is 4.07. The topological polar surface area (TPSA) is 66.2 Å². The van der Waals surface area contributed by atoms with Gasteiger partial charge in [-0.1, -0.05) is 42.1 Å². The number of carbonyl (C=O) groups excluding carboxylic acids is 1. The first kappa shape index (κ1) is 18.4. The maximum Gasteiger partial charge on any atom is 0.361 e. The summed E-state index contributed by atoms with van der Waals surface area (Å²) in [7, 11) is 0. The van der Waals surface area contributed by atoms with E-state index in [4.69, 9.17) is 9.47 Å². The van der Waals surface area contributed by atoms with Gasteiger partial charge in [-0.2, -0.15) is 0 Å². The summed E-state index contributed by atoms with van der Waals surface area (Å²) in [4.78, 5) is 12.4. The summed E-state index contributed by atoms with van der Waals surface area (Å²) >= 11 is 0. The van der Waals surface area contributed by atoms with Crippen molar-refractivity contribution < 1.29 is 14.3 Å². The predicted octanol–water partition coefficient (Wildman–Crippen LogP) is 3.97. The Morgan fingerprint density at radius 1 is 1.15 bits per heavy atom. The van der Waals surface area contributed by atoms with Gasteiger partial charge in [0.25, 0.3) is 0 Å². The lowest BCUT2D eigenvalue weighted by atomic mass is 10.1. The number of ether oxygens (including phenoxy) is 2. The van der Waals surface area contributed by atoms with Crippen LogP contribution in [-0.2, 0) is 11.3 Å². The third kappa shape index (κ3) is 4.23. The van der Waals surface area contributed by atoms with Gasteiger partial charge in [0.15, 0.2) is 5.69 Å². The molecule has 3 aromatic rings. The number of rotatable bonds is 7. The molecule has 0 saturated carbocycles. The molecule has 0 saturated heterocycles. The molecule has 0 aliphatic carbocycles. The van der Waals surface area contributed by atoms with Crippen LogP contribution in [0.2, 0.25) is 0 Å². The molecular formula is C21H21N3O3. The SMILES string of the molecule is C=Cc1ccc(COC(=O)c2nnn(-c3ccc(OCC)cc3)c2C)cc1. The summed E-state index contributed by atoms with van der Waals surface area (Å²) in [6.07, 6.45) is 1.76. The van der Waals surface area contributed by atoms with Gasteiger partial charge in [-0.15, -0.1) is 5.10 Å². The van der Waals surface area contributed by atoms with Crippen LogP contribution in [0.25, 0.3) is 11.8 Å². The van der Waals surface area contributed by atoms with Crippen molar-refractivity contribution in [3.63, 3.8) is 0 Å². The van der Waals surface area contributed by atoms with Crippen molar-refractivity contribution in [3.05, 3.63) is 77.6 Å². The minimum atomic E-state index is -0.502. The summed E-state index contributed by atoms with van der Waals surface area (Å²) in [5.41, 5.74) is 3.52. The van der Waals surface area contributed by atoms with E-state index in [-0.39, 0.29) is 12.3 Å². The zero-order valence-corrected chi connectivity index (χ0v) is 15.4. The average molecular weight is 363 g/mol. The van der Waals surface area contributed by atoms with Crippen LogP contribution in [0.3, 0.4) is 0 Å². The van der Waals surface area contributed by atoms with Crippen molar-refractivity contribution in [2.24, 2.45) is 0 Å². The summed E-state index contributed by atoms with van der Waals surface area (Å²) in [5, 5.41) is 8.06. The number of hydrogen-bond donors (Lipinski definition) is 0. The molecule has 1 aromatic heterocycles. The monoisotopic (exact) mass is 363 g/mol. The van der Waals surface area contributed by atoms with Gasteiger partial charge in [-0.25, -0.2) is 9.48 Å².